The van der Waals surface area contributed by atoms with Gasteiger partial charge in [-0.15, -0.1) is 0 Å². The summed E-state index contributed by atoms with van der Waals surface area (Å²) in [5, 5.41) is 0. The lowest BCUT2D eigenvalue weighted by atomic mass is 9.96. The Balaban J connectivity index is 2.48. The van der Waals surface area contributed by atoms with Gasteiger partial charge in [0, 0.05) is 25.2 Å². The highest BCUT2D eigenvalue weighted by Gasteiger charge is 2.16. The second-order valence-corrected chi connectivity index (χ2v) is 4.74. The van der Waals surface area contributed by atoms with Crippen molar-refractivity contribution in [3.05, 3.63) is 23.2 Å². The molecule has 0 saturated heterocycles. The second kappa shape index (κ2) is 5.80. The lowest BCUT2D eigenvalue weighted by Crippen LogP contribution is -2.14. The number of rotatable bonds is 6. The number of hydrogen-bond donors (Lipinski definition) is 0. The van der Waals surface area contributed by atoms with Gasteiger partial charge in [0.1, 0.15) is 23.1 Å². The number of hydrogen-bond acceptors (Lipinski definition) is 3. The van der Waals surface area contributed by atoms with Gasteiger partial charge in [-0.05, 0) is 32.4 Å². The van der Waals surface area contributed by atoms with Crippen molar-refractivity contribution in [3.8, 4) is 0 Å². The van der Waals surface area contributed by atoms with Gasteiger partial charge in [0.2, 0.25) is 0 Å². The van der Waals surface area contributed by atoms with Crippen molar-refractivity contribution in [2.24, 2.45) is 5.92 Å². The van der Waals surface area contributed by atoms with Gasteiger partial charge in [-0.2, -0.15) is 0 Å². The third-order valence-electron chi connectivity index (χ3n) is 2.89. The van der Waals surface area contributed by atoms with Crippen LogP contribution >= 0.6 is 0 Å². The fourth-order valence-electron chi connectivity index (χ4n) is 1.97. The highest BCUT2D eigenvalue weighted by atomic mass is 16.3. The third-order valence-corrected chi connectivity index (χ3v) is 2.89. The van der Waals surface area contributed by atoms with Crippen molar-refractivity contribution in [3.63, 3.8) is 0 Å². The van der Waals surface area contributed by atoms with E-state index in [-0.39, 0.29) is 17.5 Å². The molecule has 0 N–H and O–H groups in total. The van der Waals surface area contributed by atoms with Gasteiger partial charge >= 0.3 is 0 Å². The molecule has 1 atom stereocenters. The average molecular weight is 236 g/mol. The molecule has 1 aromatic heterocycles. The van der Waals surface area contributed by atoms with Crippen LogP contribution in [0.3, 0.4) is 0 Å². The molecule has 0 aliphatic heterocycles. The molecular weight excluding hydrogens is 216 g/mol. The van der Waals surface area contributed by atoms with Crippen LogP contribution in [0.15, 0.2) is 10.5 Å². The van der Waals surface area contributed by atoms with Gasteiger partial charge in [0.05, 0.1) is 0 Å². The molecule has 17 heavy (non-hydrogen) atoms. The van der Waals surface area contributed by atoms with Crippen LogP contribution < -0.4 is 0 Å². The molecule has 3 nitrogen and oxygen atoms in total. The van der Waals surface area contributed by atoms with Gasteiger partial charge < -0.3 is 9.21 Å². The Bertz CT molecular complexity index is 415. The van der Waals surface area contributed by atoms with Crippen LogP contribution in [0.2, 0.25) is 0 Å². The summed E-state index contributed by atoms with van der Waals surface area (Å²) < 4.78 is 5.51. The monoisotopic (exact) mass is 236 g/mol. The van der Waals surface area contributed by atoms with Crippen LogP contribution in [0, 0.1) is 19.8 Å². The fraction of sp³-hybridized carbons (Fsp3) is 0.571. The van der Waals surface area contributed by atoms with Crippen LogP contribution in [-0.4, -0.2) is 11.6 Å². The summed E-state index contributed by atoms with van der Waals surface area (Å²) in [5.74, 6) is 1.78. The second-order valence-electron chi connectivity index (χ2n) is 4.74. The molecule has 3 heteroatoms. The Morgan fingerprint density at radius 1 is 1.35 bits per heavy atom. The molecular formula is C14H20O3. The molecule has 1 rings (SSSR count). The molecule has 94 valence electrons. The summed E-state index contributed by atoms with van der Waals surface area (Å²) in [7, 11) is 0. The van der Waals surface area contributed by atoms with Crippen molar-refractivity contribution in [1.82, 2.24) is 0 Å². The van der Waals surface area contributed by atoms with E-state index in [2.05, 4.69) is 0 Å². The average Bonchev–Trinajstić information content (AvgIpc) is 2.52. The Morgan fingerprint density at radius 3 is 2.47 bits per heavy atom. The number of aryl methyl sites for hydroxylation is 3. The molecule has 0 radical (unpaired) electrons. The molecule has 0 fully saturated rings. The first-order chi connectivity index (χ1) is 7.90. The van der Waals surface area contributed by atoms with E-state index in [0.29, 0.717) is 19.3 Å². The molecule has 0 bridgehead atoms. The Hall–Kier alpha value is -1.38. The summed E-state index contributed by atoms with van der Waals surface area (Å²) in [4.78, 5) is 22.7. The maximum absolute atomic E-state index is 11.8. The van der Waals surface area contributed by atoms with Gasteiger partial charge in [-0.3, -0.25) is 4.79 Å². The third kappa shape index (κ3) is 4.17. The van der Waals surface area contributed by atoms with Gasteiger partial charge in [0.15, 0.2) is 0 Å². The zero-order chi connectivity index (χ0) is 13.0. The highest BCUT2D eigenvalue weighted by molar-refractivity contribution is 5.86. The van der Waals surface area contributed by atoms with Crippen LogP contribution in [-0.2, 0) is 16.0 Å². The van der Waals surface area contributed by atoms with E-state index >= 15 is 0 Å². The molecule has 0 amide bonds. The van der Waals surface area contributed by atoms with Crippen molar-refractivity contribution < 1.29 is 14.0 Å². The highest BCUT2D eigenvalue weighted by Crippen LogP contribution is 2.17. The number of furan rings is 1. The van der Waals surface area contributed by atoms with Crippen molar-refractivity contribution in [2.45, 2.75) is 47.0 Å². The van der Waals surface area contributed by atoms with Crippen molar-refractivity contribution in [2.75, 3.05) is 0 Å². The maximum atomic E-state index is 11.8. The molecule has 0 spiro atoms. The van der Waals surface area contributed by atoms with Gasteiger partial charge in [-0.1, -0.05) is 6.92 Å². The molecule has 0 aliphatic carbocycles. The lowest BCUT2D eigenvalue weighted by molar-refractivity contribution is -0.126. The Morgan fingerprint density at radius 2 is 2.00 bits per heavy atom. The van der Waals surface area contributed by atoms with E-state index in [0.717, 1.165) is 17.1 Å². The first-order valence-corrected chi connectivity index (χ1v) is 5.98. The predicted octanol–water partition coefficient (Wildman–Crippen LogP) is 3.01. The van der Waals surface area contributed by atoms with E-state index in [4.69, 9.17) is 4.42 Å². The largest absolute Gasteiger partial charge is 0.466 e. The van der Waals surface area contributed by atoms with Crippen LogP contribution in [0.25, 0.3) is 0 Å². The summed E-state index contributed by atoms with van der Waals surface area (Å²) >= 11 is 0. The minimum atomic E-state index is -0.177. The van der Waals surface area contributed by atoms with Gasteiger partial charge in [-0.25, -0.2) is 0 Å². The zero-order valence-electron chi connectivity index (χ0n) is 11.0. The quantitative estimate of drug-likeness (QED) is 0.762. The molecule has 1 aromatic rings. The molecule has 0 aromatic carbocycles. The first-order valence-electron chi connectivity index (χ1n) is 5.98. The molecule has 0 aliphatic rings. The van der Waals surface area contributed by atoms with E-state index in [1.807, 2.05) is 26.8 Å². The standard InChI is InChI=1S/C14H20O3/c1-9(7-11(3)15)13(16)5-6-14-10(2)8-12(4)17-14/h8-9H,5-7H2,1-4H3. The molecule has 1 unspecified atom stereocenters. The molecule has 1 heterocycles. The summed E-state index contributed by atoms with van der Waals surface area (Å²) in [5.41, 5.74) is 1.09. The van der Waals surface area contributed by atoms with E-state index in [1.165, 1.54) is 6.92 Å². The SMILES string of the molecule is CC(=O)CC(C)C(=O)CCc1oc(C)cc1C. The van der Waals surface area contributed by atoms with Crippen LogP contribution in [0.1, 0.15) is 43.8 Å². The topological polar surface area (TPSA) is 47.3 Å². The van der Waals surface area contributed by atoms with Crippen LogP contribution in [0.4, 0.5) is 0 Å². The maximum Gasteiger partial charge on any atom is 0.136 e. The number of carbonyl (C=O) groups excluding carboxylic acids is 2. The summed E-state index contributed by atoms with van der Waals surface area (Å²) in [6, 6.07) is 1.97. The summed E-state index contributed by atoms with van der Waals surface area (Å²) in [6.07, 6.45) is 1.41. The predicted molar refractivity (Wildman–Crippen MR) is 66.0 cm³/mol. The van der Waals surface area contributed by atoms with Crippen molar-refractivity contribution >= 4 is 11.6 Å². The lowest BCUT2D eigenvalue weighted by Gasteiger charge is -2.07. The minimum absolute atomic E-state index is 0.0656. The zero-order valence-corrected chi connectivity index (χ0v) is 11.0. The Labute approximate surface area is 102 Å². The number of ketones is 2. The van der Waals surface area contributed by atoms with Crippen LogP contribution in [0.5, 0.6) is 0 Å². The number of carbonyl (C=O) groups is 2. The Kier molecular flexibility index (Phi) is 4.67. The van der Waals surface area contributed by atoms with E-state index < -0.39 is 0 Å². The minimum Gasteiger partial charge on any atom is -0.466 e. The van der Waals surface area contributed by atoms with Gasteiger partial charge in [0.25, 0.3) is 0 Å². The normalized spacial score (nSPS) is 12.5. The van der Waals surface area contributed by atoms with E-state index in [1.54, 1.807) is 0 Å². The fourth-order valence-corrected chi connectivity index (χ4v) is 1.97. The summed E-state index contributed by atoms with van der Waals surface area (Å²) in [6.45, 7) is 7.21. The van der Waals surface area contributed by atoms with Crippen molar-refractivity contribution in [1.29, 1.82) is 0 Å². The number of Topliss-reactive ketones (excluding diaryl/α,β-unsaturated/α-hetero) is 2. The smallest absolute Gasteiger partial charge is 0.136 e. The molecule has 0 saturated carbocycles. The van der Waals surface area contributed by atoms with E-state index in [9.17, 15) is 9.59 Å². The first kappa shape index (κ1) is 13.7.